The molecule has 0 aliphatic carbocycles. The van der Waals surface area contributed by atoms with Gasteiger partial charge in [0.1, 0.15) is 5.75 Å². The van der Waals surface area contributed by atoms with E-state index >= 15 is 0 Å². The first-order valence-electron chi connectivity index (χ1n) is 8.03. The van der Waals surface area contributed by atoms with E-state index in [0.717, 1.165) is 25.2 Å². The van der Waals surface area contributed by atoms with Crippen molar-refractivity contribution in [2.24, 2.45) is 0 Å². The quantitative estimate of drug-likeness (QED) is 0.886. The predicted molar refractivity (Wildman–Crippen MR) is 86.8 cm³/mol. The van der Waals surface area contributed by atoms with E-state index in [1.165, 1.54) is 5.56 Å². The fraction of sp³-hybridized carbons (Fsp3) is 0.667. The molecule has 3 heteroatoms. The number of ether oxygens (including phenoxy) is 2. The van der Waals surface area contributed by atoms with Crippen LogP contribution in [0.5, 0.6) is 5.75 Å². The molecule has 2 rings (SSSR count). The third-order valence-electron chi connectivity index (χ3n) is 3.93. The highest BCUT2D eigenvalue weighted by Gasteiger charge is 2.29. The van der Waals surface area contributed by atoms with Crippen LogP contribution in [0.4, 0.5) is 0 Å². The summed E-state index contributed by atoms with van der Waals surface area (Å²) >= 11 is 0. The summed E-state index contributed by atoms with van der Waals surface area (Å²) in [7, 11) is 0. The van der Waals surface area contributed by atoms with Crippen LogP contribution in [0.15, 0.2) is 24.3 Å². The molecule has 1 fully saturated rings. The van der Waals surface area contributed by atoms with Gasteiger partial charge in [0.25, 0.3) is 0 Å². The second kappa shape index (κ2) is 6.80. The third-order valence-corrected chi connectivity index (χ3v) is 3.93. The van der Waals surface area contributed by atoms with Gasteiger partial charge < -0.3 is 14.8 Å². The molecule has 0 amide bonds. The average Bonchev–Trinajstić information content (AvgIpc) is 2.37. The smallest absolute Gasteiger partial charge is 0.124 e. The molecule has 118 valence electrons. The van der Waals surface area contributed by atoms with Crippen LogP contribution in [0.25, 0.3) is 0 Å². The molecule has 0 spiro atoms. The highest BCUT2D eigenvalue weighted by Crippen LogP contribution is 2.29. The molecule has 2 unspecified atom stereocenters. The van der Waals surface area contributed by atoms with Crippen molar-refractivity contribution in [2.45, 2.75) is 71.2 Å². The second-order valence-corrected chi connectivity index (χ2v) is 6.89. The van der Waals surface area contributed by atoms with E-state index < -0.39 is 0 Å². The van der Waals surface area contributed by atoms with Gasteiger partial charge in [0.2, 0.25) is 0 Å². The van der Waals surface area contributed by atoms with Crippen molar-refractivity contribution in [3.05, 3.63) is 29.8 Å². The van der Waals surface area contributed by atoms with Gasteiger partial charge in [-0.3, -0.25) is 0 Å². The van der Waals surface area contributed by atoms with Crippen LogP contribution in [0, 0.1) is 0 Å². The van der Waals surface area contributed by atoms with Crippen LogP contribution >= 0.6 is 0 Å². The Bertz CT molecular complexity index is 456. The molecule has 1 saturated heterocycles. The van der Waals surface area contributed by atoms with Crippen molar-refractivity contribution in [3.63, 3.8) is 0 Å². The molecule has 21 heavy (non-hydrogen) atoms. The van der Waals surface area contributed by atoms with Gasteiger partial charge in [-0.1, -0.05) is 18.2 Å². The van der Waals surface area contributed by atoms with Crippen LogP contribution in [-0.4, -0.2) is 24.4 Å². The lowest BCUT2D eigenvalue weighted by Crippen LogP contribution is -2.44. The van der Waals surface area contributed by atoms with E-state index in [4.69, 9.17) is 9.47 Å². The number of nitrogens with one attached hydrogen (secondary N) is 1. The van der Waals surface area contributed by atoms with Crippen molar-refractivity contribution in [3.8, 4) is 5.75 Å². The zero-order chi connectivity index (χ0) is 15.5. The summed E-state index contributed by atoms with van der Waals surface area (Å²) in [5.74, 6) is 0.985. The fourth-order valence-electron chi connectivity index (χ4n) is 3.02. The number of para-hydroxylation sites is 1. The van der Waals surface area contributed by atoms with Crippen molar-refractivity contribution >= 4 is 0 Å². The molecule has 3 nitrogen and oxygen atoms in total. The monoisotopic (exact) mass is 291 g/mol. The summed E-state index contributed by atoms with van der Waals surface area (Å²) in [5, 5.41) is 3.74. The van der Waals surface area contributed by atoms with E-state index in [0.29, 0.717) is 6.04 Å². The number of benzene rings is 1. The summed E-state index contributed by atoms with van der Waals surface area (Å²) in [6.45, 7) is 11.5. The minimum atomic E-state index is -0.0242. The molecule has 0 aromatic heterocycles. The van der Waals surface area contributed by atoms with E-state index in [-0.39, 0.29) is 17.7 Å². The maximum absolute atomic E-state index is 5.93. The van der Waals surface area contributed by atoms with Gasteiger partial charge in [-0.15, -0.1) is 0 Å². The highest BCUT2D eigenvalue weighted by atomic mass is 16.5. The third kappa shape index (κ3) is 4.72. The van der Waals surface area contributed by atoms with Gasteiger partial charge in [-0.25, -0.2) is 0 Å². The zero-order valence-corrected chi connectivity index (χ0v) is 14.0. The Morgan fingerprint density at radius 1 is 1.24 bits per heavy atom. The lowest BCUT2D eigenvalue weighted by atomic mass is 9.93. The van der Waals surface area contributed by atoms with Gasteiger partial charge in [0.05, 0.1) is 11.7 Å². The minimum absolute atomic E-state index is 0.0242. The molecule has 1 N–H and O–H groups in total. The topological polar surface area (TPSA) is 30.5 Å². The molecule has 1 aromatic rings. The van der Waals surface area contributed by atoms with Crippen LogP contribution in [0.1, 0.15) is 59.1 Å². The second-order valence-electron chi connectivity index (χ2n) is 6.89. The van der Waals surface area contributed by atoms with Crippen molar-refractivity contribution in [1.82, 2.24) is 5.32 Å². The van der Waals surface area contributed by atoms with Gasteiger partial charge in [0, 0.05) is 24.3 Å². The van der Waals surface area contributed by atoms with E-state index in [1.54, 1.807) is 0 Å². The zero-order valence-electron chi connectivity index (χ0n) is 14.0. The van der Waals surface area contributed by atoms with Gasteiger partial charge in [-0.05, 0) is 53.5 Å². The largest absolute Gasteiger partial charge is 0.491 e. The van der Waals surface area contributed by atoms with Crippen LogP contribution in [0.3, 0.4) is 0 Å². The molecule has 1 aliphatic heterocycles. The van der Waals surface area contributed by atoms with Crippen LogP contribution in [0.2, 0.25) is 0 Å². The molecular weight excluding hydrogens is 262 g/mol. The summed E-state index contributed by atoms with van der Waals surface area (Å²) < 4.78 is 11.7. The van der Waals surface area contributed by atoms with Gasteiger partial charge in [-0.2, -0.15) is 0 Å². The number of rotatable bonds is 5. The maximum Gasteiger partial charge on any atom is 0.124 e. The Labute approximate surface area is 129 Å². The Morgan fingerprint density at radius 3 is 2.62 bits per heavy atom. The number of hydrogen-bond donors (Lipinski definition) is 1. The first-order chi connectivity index (χ1) is 9.87. The standard InChI is InChI=1S/C18H29NO2/c1-13(2)21-17-9-7-6-8-16(17)14(3)19-15-10-11-20-18(4,5)12-15/h6-9,13-15,19H,10-12H2,1-5H3. The van der Waals surface area contributed by atoms with E-state index in [9.17, 15) is 0 Å². The molecule has 0 bridgehead atoms. The minimum Gasteiger partial charge on any atom is -0.491 e. The molecule has 2 atom stereocenters. The predicted octanol–water partition coefficient (Wildman–Crippen LogP) is 4.08. The Hall–Kier alpha value is -1.06. The Balaban J connectivity index is 2.04. The molecule has 1 heterocycles. The van der Waals surface area contributed by atoms with Crippen LogP contribution < -0.4 is 10.1 Å². The van der Waals surface area contributed by atoms with Crippen molar-refractivity contribution in [2.75, 3.05) is 6.61 Å². The summed E-state index contributed by atoms with van der Waals surface area (Å²) in [6, 6.07) is 9.09. The van der Waals surface area contributed by atoms with Gasteiger partial charge in [0.15, 0.2) is 0 Å². The molecule has 1 aliphatic rings. The average molecular weight is 291 g/mol. The van der Waals surface area contributed by atoms with E-state index in [1.807, 2.05) is 6.07 Å². The molecule has 0 saturated carbocycles. The molecule has 0 radical (unpaired) electrons. The fourth-order valence-corrected chi connectivity index (χ4v) is 3.02. The number of hydrogen-bond acceptors (Lipinski definition) is 3. The lowest BCUT2D eigenvalue weighted by molar-refractivity contribution is -0.0640. The molecular formula is C18H29NO2. The normalized spacial score (nSPS) is 23.0. The SMILES string of the molecule is CC(C)Oc1ccccc1C(C)NC1CCOC(C)(C)C1. The molecule has 1 aromatic carbocycles. The first-order valence-corrected chi connectivity index (χ1v) is 8.03. The Kier molecular flexibility index (Phi) is 5.28. The summed E-state index contributed by atoms with van der Waals surface area (Å²) in [4.78, 5) is 0. The Morgan fingerprint density at radius 2 is 1.95 bits per heavy atom. The first kappa shape index (κ1) is 16.3. The maximum atomic E-state index is 5.93. The lowest BCUT2D eigenvalue weighted by Gasteiger charge is -2.37. The van der Waals surface area contributed by atoms with E-state index in [2.05, 4.69) is 58.1 Å². The highest BCUT2D eigenvalue weighted by molar-refractivity contribution is 5.35. The summed E-state index contributed by atoms with van der Waals surface area (Å²) in [5.41, 5.74) is 1.21. The van der Waals surface area contributed by atoms with Crippen molar-refractivity contribution < 1.29 is 9.47 Å². The van der Waals surface area contributed by atoms with Crippen LogP contribution in [-0.2, 0) is 4.74 Å². The van der Waals surface area contributed by atoms with Gasteiger partial charge >= 0.3 is 0 Å². The van der Waals surface area contributed by atoms with Crippen molar-refractivity contribution in [1.29, 1.82) is 0 Å². The summed E-state index contributed by atoms with van der Waals surface area (Å²) in [6.07, 6.45) is 2.31.